The van der Waals surface area contributed by atoms with Gasteiger partial charge in [-0.25, -0.2) is 9.59 Å². The van der Waals surface area contributed by atoms with Crippen molar-refractivity contribution in [2.75, 3.05) is 26.2 Å². The third-order valence-corrected chi connectivity index (χ3v) is 7.49. The fourth-order valence-corrected chi connectivity index (χ4v) is 5.51. The summed E-state index contributed by atoms with van der Waals surface area (Å²) in [5.74, 6) is -1.13. The van der Waals surface area contributed by atoms with E-state index in [1.807, 2.05) is 44.2 Å². The van der Waals surface area contributed by atoms with Crippen molar-refractivity contribution < 1.29 is 33.4 Å². The van der Waals surface area contributed by atoms with Crippen LogP contribution in [0.2, 0.25) is 0 Å². The van der Waals surface area contributed by atoms with Crippen molar-refractivity contribution in [1.82, 2.24) is 20.0 Å². The normalized spacial score (nSPS) is 19.5. The molecule has 238 valence electrons. The summed E-state index contributed by atoms with van der Waals surface area (Å²) < 4.78 is 11.0. The maximum Gasteiger partial charge on any atom is 0.410 e. The lowest BCUT2D eigenvalue weighted by Gasteiger charge is -2.40. The predicted octanol–water partition coefficient (Wildman–Crippen LogP) is 3.03. The Labute approximate surface area is 254 Å². The molecule has 2 aliphatic rings. The van der Waals surface area contributed by atoms with Gasteiger partial charge in [0.2, 0.25) is 17.7 Å². The maximum absolute atomic E-state index is 13.7. The molecule has 3 atom stereocenters. The van der Waals surface area contributed by atoms with Gasteiger partial charge in [-0.05, 0) is 64.4 Å². The molecule has 3 N–H and O–H groups in total. The van der Waals surface area contributed by atoms with Crippen LogP contribution in [0, 0.1) is 5.92 Å². The first kappa shape index (κ1) is 33.7. The number of nitrogens with one attached hydrogen (secondary N) is 1. The highest BCUT2D eigenvalue weighted by Gasteiger charge is 2.39. The number of benzene rings is 1. The Bertz CT molecular complexity index is 1140. The molecule has 2 heterocycles. The highest BCUT2D eigenvalue weighted by Crippen LogP contribution is 2.22. The van der Waals surface area contributed by atoms with Crippen molar-refractivity contribution in [2.45, 2.75) is 97.1 Å². The average Bonchev–Trinajstić information content (AvgIpc) is 3.44. The van der Waals surface area contributed by atoms with Gasteiger partial charge in [0.15, 0.2) is 0 Å². The van der Waals surface area contributed by atoms with E-state index in [2.05, 4.69) is 5.32 Å². The number of nitrogens with two attached hydrogens (primary N) is 1. The quantitative estimate of drug-likeness (QED) is 0.418. The van der Waals surface area contributed by atoms with E-state index in [1.54, 1.807) is 25.7 Å². The standard InChI is InChI=1S/C31H47N5O7/c1-21(2)17-24(33-29(40)43-31(3,4)5)28(39)34-15-9-13-23(18-34)36(30(41)42-20-22-11-7-6-8-12-22)19-26(37)35-16-10-14-25(35)27(32)38/h6-8,11-12,21,23-25H,9-10,13-20H2,1-5H3,(H2,32,38)(H,33,40)/t23-,24+,25+/m1/s1. The zero-order valence-corrected chi connectivity index (χ0v) is 26.0. The number of carbonyl (C=O) groups excluding carboxylic acids is 5. The van der Waals surface area contributed by atoms with Gasteiger partial charge in [0, 0.05) is 19.6 Å². The molecule has 0 radical (unpaired) electrons. The number of likely N-dealkylation sites (tertiary alicyclic amines) is 2. The Morgan fingerprint density at radius 2 is 1.72 bits per heavy atom. The number of hydrogen-bond acceptors (Lipinski definition) is 7. The molecule has 12 heteroatoms. The van der Waals surface area contributed by atoms with Crippen molar-refractivity contribution in [1.29, 1.82) is 0 Å². The SMILES string of the molecule is CC(C)C[C@H](NC(=O)OC(C)(C)C)C(=O)N1CCC[C@@H](N(CC(=O)N2CCC[C@H]2C(N)=O)C(=O)OCc2ccccc2)C1. The summed E-state index contributed by atoms with van der Waals surface area (Å²) in [6.07, 6.45) is 1.30. The number of carbonyl (C=O) groups is 5. The molecule has 1 aromatic carbocycles. The minimum absolute atomic E-state index is 0.0175. The van der Waals surface area contributed by atoms with Crippen LogP contribution >= 0.6 is 0 Å². The number of hydrogen-bond donors (Lipinski definition) is 2. The lowest BCUT2D eigenvalue weighted by molar-refractivity contribution is -0.139. The lowest BCUT2D eigenvalue weighted by atomic mass is 9.99. The Hall–Kier alpha value is -3.83. The molecule has 0 aliphatic carbocycles. The first-order valence-electron chi connectivity index (χ1n) is 15.1. The zero-order chi connectivity index (χ0) is 31.7. The van der Waals surface area contributed by atoms with Crippen LogP contribution in [0.25, 0.3) is 0 Å². The van der Waals surface area contributed by atoms with Gasteiger partial charge in [0.1, 0.15) is 30.8 Å². The highest BCUT2D eigenvalue weighted by atomic mass is 16.6. The van der Waals surface area contributed by atoms with Crippen LogP contribution in [0.5, 0.6) is 0 Å². The smallest absolute Gasteiger partial charge is 0.410 e. The van der Waals surface area contributed by atoms with Crippen molar-refractivity contribution in [3.63, 3.8) is 0 Å². The molecular weight excluding hydrogens is 554 g/mol. The van der Waals surface area contributed by atoms with Crippen LogP contribution in [0.3, 0.4) is 0 Å². The Kier molecular flexibility index (Phi) is 11.8. The van der Waals surface area contributed by atoms with Crippen LogP contribution in [0.1, 0.15) is 72.3 Å². The van der Waals surface area contributed by atoms with Gasteiger partial charge in [-0.15, -0.1) is 0 Å². The summed E-state index contributed by atoms with van der Waals surface area (Å²) in [5, 5.41) is 2.73. The number of rotatable bonds is 10. The van der Waals surface area contributed by atoms with Gasteiger partial charge in [-0.3, -0.25) is 19.3 Å². The summed E-state index contributed by atoms with van der Waals surface area (Å²) in [4.78, 5) is 69.5. The van der Waals surface area contributed by atoms with E-state index in [0.717, 1.165) is 5.56 Å². The number of nitrogens with zero attached hydrogens (tertiary/aromatic N) is 3. The molecule has 2 fully saturated rings. The van der Waals surface area contributed by atoms with Gasteiger partial charge in [-0.2, -0.15) is 0 Å². The second kappa shape index (κ2) is 15.1. The van der Waals surface area contributed by atoms with E-state index < -0.39 is 47.7 Å². The number of primary amides is 1. The van der Waals surface area contributed by atoms with Gasteiger partial charge < -0.3 is 30.3 Å². The molecule has 1 aromatic rings. The molecule has 0 unspecified atom stereocenters. The monoisotopic (exact) mass is 601 g/mol. The summed E-state index contributed by atoms with van der Waals surface area (Å²) >= 11 is 0. The van der Waals surface area contributed by atoms with Crippen molar-refractivity contribution in [2.24, 2.45) is 11.7 Å². The zero-order valence-electron chi connectivity index (χ0n) is 26.0. The average molecular weight is 602 g/mol. The third kappa shape index (κ3) is 10.1. The molecule has 43 heavy (non-hydrogen) atoms. The topological polar surface area (TPSA) is 152 Å². The molecule has 12 nitrogen and oxygen atoms in total. The van der Waals surface area contributed by atoms with E-state index in [9.17, 15) is 24.0 Å². The second-order valence-electron chi connectivity index (χ2n) is 12.7. The first-order valence-corrected chi connectivity index (χ1v) is 15.1. The van der Waals surface area contributed by atoms with Crippen LogP contribution in [-0.4, -0.2) is 94.5 Å². The lowest BCUT2D eigenvalue weighted by Crippen LogP contribution is -2.58. The van der Waals surface area contributed by atoms with Crippen LogP contribution in [0.15, 0.2) is 30.3 Å². The van der Waals surface area contributed by atoms with E-state index >= 15 is 0 Å². The molecular formula is C31H47N5O7. The molecule has 0 spiro atoms. The Morgan fingerprint density at radius 3 is 2.35 bits per heavy atom. The van der Waals surface area contributed by atoms with Crippen LogP contribution in [0.4, 0.5) is 9.59 Å². The fraction of sp³-hybridized carbons (Fsp3) is 0.645. The highest BCUT2D eigenvalue weighted by molar-refractivity contribution is 5.89. The van der Waals surface area contributed by atoms with E-state index in [1.165, 1.54) is 9.80 Å². The van der Waals surface area contributed by atoms with Crippen molar-refractivity contribution in [3.8, 4) is 0 Å². The number of alkyl carbamates (subject to hydrolysis) is 1. The maximum atomic E-state index is 13.7. The number of piperidine rings is 1. The van der Waals surface area contributed by atoms with Gasteiger partial charge in [0.05, 0.1) is 6.04 Å². The van der Waals surface area contributed by atoms with Gasteiger partial charge in [0.25, 0.3) is 0 Å². The summed E-state index contributed by atoms with van der Waals surface area (Å²) in [6, 6.07) is 7.16. The Balaban J connectivity index is 1.78. The van der Waals surface area contributed by atoms with Crippen LogP contribution < -0.4 is 11.1 Å². The van der Waals surface area contributed by atoms with Crippen molar-refractivity contribution >= 4 is 29.9 Å². The molecule has 2 aliphatic heterocycles. The van der Waals surface area contributed by atoms with E-state index in [-0.39, 0.29) is 31.5 Å². The largest absolute Gasteiger partial charge is 0.445 e. The summed E-state index contributed by atoms with van der Waals surface area (Å²) in [7, 11) is 0. The summed E-state index contributed by atoms with van der Waals surface area (Å²) in [6.45, 7) is 9.87. The third-order valence-electron chi connectivity index (χ3n) is 7.49. The number of amides is 5. The molecule has 0 saturated carbocycles. The summed E-state index contributed by atoms with van der Waals surface area (Å²) in [5.41, 5.74) is 5.60. The van der Waals surface area contributed by atoms with Gasteiger partial charge in [-0.1, -0.05) is 44.2 Å². The molecule has 0 bridgehead atoms. The molecule has 3 rings (SSSR count). The minimum atomic E-state index is -0.811. The second-order valence-corrected chi connectivity index (χ2v) is 12.7. The van der Waals surface area contributed by atoms with E-state index in [0.29, 0.717) is 45.2 Å². The van der Waals surface area contributed by atoms with Crippen molar-refractivity contribution in [3.05, 3.63) is 35.9 Å². The fourth-order valence-electron chi connectivity index (χ4n) is 5.51. The van der Waals surface area contributed by atoms with Crippen LogP contribution in [-0.2, 0) is 30.5 Å². The van der Waals surface area contributed by atoms with E-state index in [4.69, 9.17) is 15.2 Å². The predicted molar refractivity (Wildman–Crippen MR) is 159 cm³/mol. The van der Waals surface area contributed by atoms with Gasteiger partial charge >= 0.3 is 12.2 Å². The molecule has 2 saturated heterocycles. The molecule has 0 aromatic heterocycles. The number of ether oxygens (including phenoxy) is 2. The first-order chi connectivity index (χ1) is 20.2. The minimum Gasteiger partial charge on any atom is -0.445 e. The Morgan fingerprint density at radius 1 is 1.05 bits per heavy atom. The molecule has 5 amide bonds.